The molecule has 140 valence electrons. The Labute approximate surface area is 160 Å². The zero-order valence-corrected chi connectivity index (χ0v) is 15.1. The summed E-state index contributed by atoms with van der Waals surface area (Å²) in [6, 6.07) is 9.61. The summed E-state index contributed by atoms with van der Waals surface area (Å²) < 4.78 is 20.9. The minimum absolute atomic E-state index is 0.106. The Morgan fingerprint density at radius 2 is 2.25 bits per heavy atom. The average Bonchev–Trinajstić information content (AvgIpc) is 3.36. The predicted octanol–water partition coefficient (Wildman–Crippen LogP) is 3.94. The Hall–Kier alpha value is -3.86. The van der Waals surface area contributed by atoms with Crippen LogP contribution in [-0.4, -0.2) is 26.2 Å². The van der Waals surface area contributed by atoms with Crippen LogP contribution in [0.2, 0.25) is 0 Å². The number of nitrogens with zero attached hydrogens (tertiary/aromatic N) is 4. The first-order valence-corrected chi connectivity index (χ1v) is 8.69. The molecular weight excluding hydrogens is 359 g/mol. The minimum Gasteiger partial charge on any atom is -0.478 e. The summed E-state index contributed by atoms with van der Waals surface area (Å²) in [5, 5.41) is 16.3. The molecule has 28 heavy (non-hydrogen) atoms. The van der Waals surface area contributed by atoms with Crippen molar-refractivity contribution in [2.24, 2.45) is 0 Å². The number of aromatic amines is 1. The smallest absolute Gasteiger partial charge is 0.174 e. The van der Waals surface area contributed by atoms with Crippen LogP contribution >= 0.6 is 0 Å². The molecule has 0 spiro atoms. The number of ether oxygens (including phenoxy) is 1. The molecular formula is C20H17FN6O. The molecule has 0 aliphatic rings. The van der Waals surface area contributed by atoms with E-state index in [0.717, 1.165) is 11.1 Å². The zero-order chi connectivity index (χ0) is 19.5. The second kappa shape index (κ2) is 7.40. The second-order valence-electron chi connectivity index (χ2n) is 6.23. The summed E-state index contributed by atoms with van der Waals surface area (Å²) >= 11 is 0. The standard InChI is InChI=1S/C20H17FN6O/c1-13(16-10-15(21)2-3-18(16)28-9-6-22)25-19-5-8-27-20(26-19)17(12-24-27)14-4-7-23-11-14/h2-5,7-8,10-13,23H,9H2,1H3,(H,25,26). The molecule has 3 heterocycles. The highest BCUT2D eigenvalue weighted by Crippen LogP contribution is 2.29. The fraction of sp³-hybridized carbons (Fsp3) is 0.150. The van der Waals surface area contributed by atoms with Crippen molar-refractivity contribution in [1.29, 1.82) is 5.26 Å². The quantitative estimate of drug-likeness (QED) is 0.532. The van der Waals surface area contributed by atoms with Gasteiger partial charge in [0.15, 0.2) is 12.3 Å². The van der Waals surface area contributed by atoms with Crippen molar-refractivity contribution >= 4 is 11.5 Å². The SMILES string of the molecule is CC(Nc1ccn2ncc(-c3cc[nH]c3)c2n1)c1cc(F)ccc1OCC#N. The highest BCUT2D eigenvalue weighted by atomic mass is 19.1. The summed E-state index contributed by atoms with van der Waals surface area (Å²) in [6.07, 6.45) is 7.30. The molecule has 0 radical (unpaired) electrons. The molecule has 1 atom stereocenters. The van der Waals surface area contributed by atoms with E-state index in [4.69, 9.17) is 10.00 Å². The third kappa shape index (κ3) is 3.38. The summed E-state index contributed by atoms with van der Waals surface area (Å²) in [7, 11) is 0. The topological polar surface area (TPSA) is 91.0 Å². The zero-order valence-electron chi connectivity index (χ0n) is 15.1. The molecule has 0 fully saturated rings. The lowest BCUT2D eigenvalue weighted by Crippen LogP contribution is -2.11. The first-order chi connectivity index (χ1) is 13.7. The molecule has 7 nitrogen and oxygen atoms in total. The molecule has 1 unspecified atom stereocenters. The van der Waals surface area contributed by atoms with Gasteiger partial charge in [0.2, 0.25) is 0 Å². The molecule has 0 aliphatic carbocycles. The predicted molar refractivity (Wildman–Crippen MR) is 102 cm³/mol. The lowest BCUT2D eigenvalue weighted by molar-refractivity contribution is 0.361. The highest BCUT2D eigenvalue weighted by Gasteiger charge is 2.15. The molecule has 0 saturated carbocycles. The monoisotopic (exact) mass is 376 g/mol. The number of H-pyrrole nitrogens is 1. The van der Waals surface area contributed by atoms with Crippen molar-refractivity contribution in [2.45, 2.75) is 13.0 Å². The number of halogens is 1. The van der Waals surface area contributed by atoms with Gasteiger partial charge >= 0.3 is 0 Å². The summed E-state index contributed by atoms with van der Waals surface area (Å²) in [5.41, 5.74) is 3.21. The van der Waals surface area contributed by atoms with Crippen LogP contribution in [0.15, 0.2) is 55.1 Å². The van der Waals surface area contributed by atoms with E-state index in [1.54, 1.807) is 16.8 Å². The number of hydrogen-bond donors (Lipinski definition) is 2. The van der Waals surface area contributed by atoms with Gasteiger partial charge in [-0.25, -0.2) is 13.9 Å². The van der Waals surface area contributed by atoms with Crippen molar-refractivity contribution in [3.05, 3.63) is 66.5 Å². The number of nitriles is 1. The summed E-state index contributed by atoms with van der Waals surface area (Å²) in [4.78, 5) is 7.69. The van der Waals surface area contributed by atoms with E-state index in [9.17, 15) is 4.39 Å². The molecule has 0 amide bonds. The van der Waals surface area contributed by atoms with E-state index < -0.39 is 0 Å². The van der Waals surface area contributed by atoms with Gasteiger partial charge in [-0.2, -0.15) is 10.4 Å². The van der Waals surface area contributed by atoms with Crippen LogP contribution in [0.3, 0.4) is 0 Å². The number of fused-ring (bicyclic) bond motifs is 1. The van der Waals surface area contributed by atoms with Gasteiger partial charge in [0.1, 0.15) is 23.5 Å². The van der Waals surface area contributed by atoms with Crippen molar-refractivity contribution < 1.29 is 9.13 Å². The molecule has 0 aliphatic heterocycles. The number of aromatic nitrogens is 4. The molecule has 2 N–H and O–H groups in total. The molecule has 0 bridgehead atoms. The van der Waals surface area contributed by atoms with Gasteiger partial charge in [0, 0.05) is 35.3 Å². The van der Waals surface area contributed by atoms with Crippen LogP contribution in [0.25, 0.3) is 16.8 Å². The van der Waals surface area contributed by atoms with Crippen LogP contribution in [0.5, 0.6) is 5.75 Å². The first kappa shape index (κ1) is 17.5. The Morgan fingerprint density at radius 3 is 3.04 bits per heavy atom. The first-order valence-electron chi connectivity index (χ1n) is 8.69. The van der Waals surface area contributed by atoms with Crippen molar-refractivity contribution in [3.63, 3.8) is 0 Å². The van der Waals surface area contributed by atoms with Gasteiger partial charge in [-0.3, -0.25) is 0 Å². The van der Waals surface area contributed by atoms with E-state index in [2.05, 4.69) is 20.4 Å². The number of hydrogen-bond acceptors (Lipinski definition) is 5. The Balaban J connectivity index is 1.64. The Kier molecular flexibility index (Phi) is 4.64. The normalized spacial score (nSPS) is 11.9. The average molecular weight is 376 g/mol. The van der Waals surface area contributed by atoms with Crippen molar-refractivity contribution in [3.8, 4) is 22.9 Å². The molecule has 4 aromatic rings. The maximum Gasteiger partial charge on any atom is 0.174 e. The highest BCUT2D eigenvalue weighted by molar-refractivity contribution is 5.77. The lowest BCUT2D eigenvalue weighted by atomic mass is 10.1. The third-order valence-corrected chi connectivity index (χ3v) is 4.37. The second-order valence-corrected chi connectivity index (χ2v) is 6.23. The number of benzene rings is 1. The minimum atomic E-state index is -0.373. The molecule has 1 aromatic carbocycles. The number of nitrogens with one attached hydrogen (secondary N) is 2. The van der Waals surface area contributed by atoms with Gasteiger partial charge in [-0.15, -0.1) is 0 Å². The van der Waals surface area contributed by atoms with E-state index in [-0.39, 0.29) is 18.5 Å². The van der Waals surface area contributed by atoms with Crippen LogP contribution in [0.1, 0.15) is 18.5 Å². The van der Waals surface area contributed by atoms with Gasteiger partial charge in [-0.1, -0.05) is 0 Å². The summed E-state index contributed by atoms with van der Waals surface area (Å²) in [5.74, 6) is 0.705. The largest absolute Gasteiger partial charge is 0.478 e. The van der Waals surface area contributed by atoms with Crippen molar-refractivity contribution in [1.82, 2.24) is 19.6 Å². The van der Waals surface area contributed by atoms with Gasteiger partial charge in [-0.05, 0) is 37.3 Å². The molecule has 4 rings (SSSR count). The van der Waals surface area contributed by atoms with Gasteiger partial charge in [0.25, 0.3) is 0 Å². The van der Waals surface area contributed by atoms with E-state index >= 15 is 0 Å². The Morgan fingerprint density at radius 1 is 1.36 bits per heavy atom. The maximum atomic E-state index is 13.8. The van der Waals surface area contributed by atoms with Crippen molar-refractivity contribution in [2.75, 3.05) is 11.9 Å². The number of rotatable bonds is 6. The van der Waals surface area contributed by atoms with Crippen LogP contribution in [-0.2, 0) is 0 Å². The van der Waals surface area contributed by atoms with Gasteiger partial charge < -0.3 is 15.0 Å². The fourth-order valence-electron chi connectivity index (χ4n) is 3.04. The number of anilines is 1. The van der Waals surface area contributed by atoms with Crippen LogP contribution in [0, 0.1) is 17.1 Å². The van der Waals surface area contributed by atoms with Gasteiger partial charge in [0.05, 0.1) is 12.2 Å². The fourth-order valence-corrected chi connectivity index (χ4v) is 3.04. The lowest BCUT2D eigenvalue weighted by Gasteiger charge is -2.18. The van der Waals surface area contributed by atoms with E-state index in [1.165, 1.54) is 18.2 Å². The molecule has 0 saturated heterocycles. The maximum absolute atomic E-state index is 13.8. The molecule has 8 heteroatoms. The third-order valence-electron chi connectivity index (χ3n) is 4.37. The van der Waals surface area contributed by atoms with Crippen LogP contribution < -0.4 is 10.1 Å². The Bertz CT molecular complexity index is 1150. The summed E-state index contributed by atoms with van der Waals surface area (Å²) in [6.45, 7) is 1.77. The van der Waals surface area contributed by atoms with E-state index in [0.29, 0.717) is 22.8 Å². The molecule has 3 aromatic heterocycles. The van der Waals surface area contributed by atoms with E-state index in [1.807, 2.05) is 37.6 Å². The van der Waals surface area contributed by atoms with Crippen LogP contribution in [0.4, 0.5) is 10.2 Å².